The Balaban J connectivity index is 1.92. The van der Waals surface area contributed by atoms with Gasteiger partial charge in [-0.1, -0.05) is 28.1 Å². The quantitative estimate of drug-likeness (QED) is 0.942. The molecule has 0 fully saturated rings. The van der Waals surface area contributed by atoms with E-state index >= 15 is 0 Å². The highest BCUT2D eigenvalue weighted by molar-refractivity contribution is 9.10. The van der Waals surface area contributed by atoms with E-state index in [1.807, 2.05) is 23.7 Å². The molecular weight excluding hydrogens is 284 g/mol. The number of halogens is 1. The van der Waals surface area contributed by atoms with Crippen LogP contribution >= 0.6 is 27.3 Å². The van der Waals surface area contributed by atoms with E-state index in [4.69, 9.17) is 5.73 Å². The highest BCUT2D eigenvalue weighted by Crippen LogP contribution is 2.13. The Morgan fingerprint density at radius 3 is 2.62 bits per heavy atom. The van der Waals surface area contributed by atoms with Crippen LogP contribution in [0.2, 0.25) is 0 Å². The molecule has 4 heteroatoms. The van der Waals surface area contributed by atoms with Crippen LogP contribution in [0, 0.1) is 0 Å². The van der Waals surface area contributed by atoms with Gasteiger partial charge in [0.25, 0.3) is 0 Å². The average Bonchev–Trinajstić information content (AvgIpc) is 2.74. The second-order valence-corrected chi connectivity index (χ2v) is 5.62. The first kappa shape index (κ1) is 11.8. The maximum Gasteiger partial charge on any atom is 0.0940 e. The first-order valence-corrected chi connectivity index (χ1v) is 6.79. The van der Waals surface area contributed by atoms with Crippen molar-refractivity contribution in [2.75, 3.05) is 0 Å². The van der Waals surface area contributed by atoms with Crippen molar-refractivity contribution in [3.8, 4) is 0 Å². The molecule has 0 aliphatic rings. The topological polar surface area (TPSA) is 38.9 Å². The van der Waals surface area contributed by atoms with Crippen LogP contribution in [0.1, 0.15) is 10.6 Å². The normalized spacial score (nSPS) is 12.6. The van der Waals surface area contributed by atoms with Crippen LogP contribution in [0.4, 0.5) is 0 Å². The summed E-state index contributed by atoms with van der Waals surface area (Å²) in [6.07, 6.45) is 3.58. The van der Waals surface area contributed by atoms with Gasteiger partial charge in [0.15, 0.2) is 0 Å². The monoisotopic (exact) mass is 296 g/mol. The predicted octanol–water partition coefficient (Wildman–Crippen LogP) is 3.02. The molecule has 0 spiro atoms. The van der Waals surface area contributed by atoms with Crippen LogP contribution in [-0.2, 0) is 12.8 Å². The van der Waals surface area contributed by atoms with Gasteiger partial charge in [0, 0.05) is 28.5 Å². The molecule has 2 nitrogen and oxygen atoms in total. The summed E-state index contributed by atoms with van der Waals surface area (Å²) >= 11 is 5.09. The summed E-state index contributed by atoms with van der Waals surface area (Å²) in [6, 6.07) is 8.45. The van der Waals surface area contributed by atoms with Gasteiger partial charge in [-0.3, -0.25) is 0 Å². The minimum absolute atomic E-state index is 0.146. The highest BCUT2D eigenvalue weighted by Gasteiger charge is 2.07. The van der Waals surface area contributed by atoms with Crippen molar-refractivity contribution in [3.05, 3.63) is 50.9 Å². The number of benzene rings is 1. The summed E-state index contributed by atoms with van der Waals surface area (Å²) in [5.74, 6) is 0. The van der Waals surface area contributed by atoms with Gasteiger partial charge in [0.2, 0.25) is 0 Å². The maximum atomic E-state index is 6.09. The third-order valence-electron chi connectivity index (χ3n) is 2.33. The molecule has 0 bridgehead atoms. The second kappa shape index (κ2) is 5.57. The largest absolute Gasteiger partial charge is 0.327 e. The lowest BCUT2D eigenvalue weighted by Crippen LogP contribution is -2.25. The van der Waals surface area contributed by atoms with E-state index in [1.165, 1.54) is 5.56 Å². The van der Waals surface area contributed by atoms with Crippen LogP contribution in [0.15, 0.2) is 40.3 Å². The Morgan fingerprint density at radius 2 is 2.00 bits per heavy atom. The fourth-order valence-corrected chi connectivity index (χ4v) is 2.55. The van der Waals surface area contributed by atoms with Crippen molar-refractivity contribution >= 4 is 27.3 Å². The Labute approximate surface area is 108 Å². The lowest BCUT2D eigenvalue weighted by molar-refractivity contribution is 0.662. The van der Waals surface area contributed by atoms with E-state index in [9.17, 15) is 0 Å². The highest BCUT2D eigenvalue weighted by atomic mass is 79.9. The van der Waals surface area contributed by atoms with Gasteiger partial charge in [-0.05, 0) is 24.1 Å². The second-order valence-electron chi connectivity index (χ2n) is 3.72. The van der Waals surface area contributed by atoms with Crippen molar-refractivity contribution in [3.63, 3.8) is 0 Å². The van der Waals surface area contributed by atoms with E-state index in [0.717, 1.165) is 22.3 Å². The van der Waals surface area contributed by atoms with Gasteiger partial charge >= 0.3 is 0 Å². The summed E-state index contributed by atoms with van der Waals surface area (Å²) in [7, 11) is 0. The number of nitrogens with zero attached hydrogens (tertiary/aromatic N) is 1. The minimum atomic E-state index is 0.146. The summed E-state index contributed by atoms with van der Waals surface area (Å²) < 4.78 is 1.10. The molecule has 2 N–H and O–H groups in total. The van der Waals surface area contributed by atoms with Crippen LogP contribution < -0.4 is 5.73 Å². The molecule has 2 rings (SSSR count). The van der Waals surface area contributed by atoms with Crippen molar-refractivity contribution in [1.82, 2.24) is 4.98 Å². The predicted molar refractivity (Wildman–Crippen MR) is 71.6 cm³/mol. The SMILES string of the molecule is NC(Cc1ccc(Br)cc1)Cc1nccs1. The van der Waals surface area contributed by atoms with Crippen molar-refractivity contribution in [2.24, 2.45) is 5.73 Å². The molecule has 1 atom stereocenters. The van der Waals surface area contributed by atoms with Gasteiger partial charge in [0.05, 0.1) is 5.01 Å². The van der Waals surface area contributed by atoms with E-state index in [2.05, 4.69) is 33.0 Å². The summed E-state index contributed by atoms with van der Waals surface area (Å²) in [5.41, 5.74) is 7.36. The maximum absolute atomic E-state index is 6.09. The number of thiazole rings is 1. The van der Waals surface area contributed by atoms with Gasteiger partial charge in [-0.15, -0.1) is 11.3 Å². The molecule has 2 aromatic rings. The van der Waals surface area contributed by atoms with Gasteiger partial charge in [0.1, 0.15) is 0 Å². The summed E-state index contributed by atoms with van der Waals surface area (Å²) in [6.45, 7) is 0. The standard InChI is InChI=1S/C12H13BrN2S/c13-10-3-1-9(2-4-10)7-11(14)8-12-15-5-6-16-12/h1-6,11H,7-8,14H2. The molecule has 0 saturated heterocycles. The smallest absolute Gasteiger partial charge is 0.0940 e. The Morgan fingerprint density at radius 1 is 1.25 bits per heavy atom. The molecule has 0 saturated carbocycles. The van der Waals surface area contributed by atoms with Crippen molar-refractivity contribution in [1.29, 1.82) is 0 Å². The van der Waals surface area contributed by atoms with Gasteiger partial charge in [-0.25, -0.2) is 4.98 Å². The summed E-state index contributed by atoms with van der Waals surface area (Å²) in [4.78, 5) is 4.24. The zero-order chi connectivity index (χ0) is 11.4. The fraction of sp³-hybridized carbons (Fsp3) is 0.250. The number of hydrogen-bond acceptors (Lipinski definition) is 3. The first-order valence-electron chi connectivity index (χ1n) is 5.12. The molecule has 1 aromatic heterocycles. The van der Waals surface area contributed by atoms with E-state index < -0.39 is 0 Å². The van der Waals surface area contributed by atoms with Gasteiger partial charge in [-0.2, -0.15) is 0 Å². The zero-order valence-electron chi connectivity index (χ0n) is 8.77. The lowest BCUT2D eigenvalue weighted by atomic mass is 10.0. The van der Waals surface area contributed by atoms with Crippen LogP contribution in [0.5, 0.6) is 0 Å². The zero-order valence-corrected chi connectivity index (χ0v) is 11.2. The van der Waals surface area contributed by atoms with Gasteiger partial charge < -0.3 is 5.73 Å². The molecule has 1 aromatic carbocycles. The molecule has 0 aliphatic carbocycles. The number of nitrogens with two attached hydrogens (primary N) is 1. The third kappa shape index (κ3) is 3.40. The van der Waals surface area contributed by atoms with Crippen molar-refractivity contribution in [2.45, 2.75) is 18.9 Å². The Bertz CT molecular complexity index is 425. The third-order valence-corrected chi connectivity index (χ3v) is 3.66. The van der Waals surface area contributed by atoms with E-state index in [-0.39, 0.29) is 6.04 Å². The molecule has 0 radical (unpaired) electrons. The van der Waals surface area contributed by atoms with E-state index in [0.29, 0.717) is 0 Å². The molecule has 84 valence electrons. The fourth-order valence-electron chi connectivity index (χ4n) is 1.57. The molecule has 16 heavy (non-hydrogen) atoms. The van der Waals surface area contributed by atoms with Crippen LogP contribution in [0.25, 0.3) is 0 Å². The molecule has 0 aliphatic heterocycles. The number of aromatic nitrogens is 1. The average molecular weight is 297 g/mol. The van der Waals surface area contributed by atoms with E-state index in [1.54, 1.807) is 11.3 Å². The molecule has 1 unspecified atom stereocenters. The van der Waals surface area contributed by atoms with Crippen LogP contribution in [0.3, 0.4) is 0 Å². The van der Waals surface area contributed by atoms with Crippen molar-refractivity contribution < 1.29 is 0 Å². The number of hydrogen-bond donors (Lipinski definition) is 1. The number of rotatable bonds is 4. The molecular formula is C12H13BrN2S. The molecule has 0 amide bonds. The summed E-state index contributed by atoms with van der Waals surface area (Å²) in [5, 5.41) is 3.10. The minimum Gasteiger partial charge on any atom is -0.327 e. The molecule has 1 heterocycles. The first-order chi connectivity index (χ1) is 7.74. The lowest BCUT2D eigenvalue weighted by Gasteiger charge is -2.09. The Hall–Kier alpha value is -0.710. The Kier molecular flexibility index (Phi) is 4.09. The van der Waals surface area contributed by atoms with Crippen LogP contribution in [-0.4, -0.2) is 11.0 Å².